The molecular weight excluding hydrogens is 215 g/mol. The lowest BCUT2D eigenvalue weighted by Gasteiger charge is -2.25. The Labute approximate surface area is 91.8 Å². The smallest absolute Gasteiger partial charge is 0.304 e. The highest BCUT2D eigenvalue weighted by Gasteiger charge is 2.26. The van der Waals surface area contributed by atoms with E-state index in [1.807, 2.05) is 0 Å². The predicted molar refractivity (Wildman–Crippen MR) is 56.5 cm³/mol. The van der Waals surface area contributed by atoms with Crippen LogP contribution in [0.25, 0.3) is 0 Å². The topological polar surface area (TPSA) is 89.4 Å². The molecule has 0 saturated heterocycles. The van der Waals surface area contributed by atoms with E-state index in [4.69, 9.17) is 5.73 Å². The van der Waals surface area contributed by atoms with E-state index >= 15 is 0 Å². The summed E-state index contributed by atoms with van der Waals surface area (Å²) >= 11 is 0. The maximum absolute atomic E-state index is 13.3. The van der Waals surface area contributed by atoms with Crippen LogP contribution in [0.4, 0.5) is 10.1 Å². The summed E-state index contributed by atoms with van der Waals surface area (Å²) in [7, 11) is 0. The van der Waals surface area contributed by atoms with Crippen molar-refractivity contribution in [3.63, 3.8) is 0 Å². The summed E-state index contributed by atoms with van der Waals surface area (Å²) in [5.41, 5.74) is 4.56. The van der Waals surface area contributed by atoms with Crippen LogP contribution in [-0.4, -0.2) is 23.2 Å². The Morgan fingerprint density at radius 2 is 2.25 bits per heavy atom. The molecule has 88 valence electrons. The third-order valence-electron chi connectivity index (χ3n) is 2.64. The van der Waals surface area contributed by atoms with Crippen molar-refractivity contribution in [2.45, 2.75) is 12.3 Å². The molecule has 1 aromatic rings. The van der Waals surface area contributed by atoms with Gasteiger partial charge in [-0.25, -0.2) is 0 Å². The van der Waals surface area contributed by atoms with Crippen molar-refractivity contribution in [1.29, 1.82) is 0 Å². The van der Waals surface area contributed by atoms with Gasteiger partial charge in [0.15, 0.2) is 0 Å². The summed E-state index contributed by atoms with van der Waals surface area (Å²) in [5, 5.41) is 19.6. The second-order valence-corrected chi connectivity index (χ2v) is 3.85. The third-order valence-corrected chi connectivity index (χ3v) is 2.64. The molecule has 0 aliphatic heterocycles. The predicted octanol–water partition coefficient (Wildman–Crippen LogP) is 0.943. The Morgan fingerprint density at radius 1 is 1.62 bits per heavy atom. The summed E-state index contributed by atoms with van der Waals surface area (Å²) in [6.07, 6.45) is 0. The molecular formula is C10H13FN2O3. The Kier molecular flexibility index (Phi) is 3.56. The number of nitrogens with two attached hydrogens (primary N) is 1. The van der Waals surface area contributed by atoms with Gasteiger partial charge >= 0.3 is 5.69 Å². The molecule has 0 fully saturated rings. The van der Waals surface area contributed by atoms with Gasteiger partial charge in [0.05, 0.1) is 11.5 Å². The second-order valence-electron chi connectivity index (χ2n) is 3.85. The number of rotatable bonds is 4. The van der Waals surface area contributed by atoms with Crippen LogP contribution < -0.4 is 5.73 Å². The maximum Gasteiger partial charge on any atom is 0.304 e. The third kappa shape index (κ3) is 2.17. The highest BCUT2D eigenvalue weighted by atomic mass is 19.1. The van der Waals surface area contributed by atoms with Crippen molar-refractivity contribution in [2.24, 2.45) is 5.73 Å². The SMILES string of the molecule is CC(CN)(CO)c1ccc([N+](=O)[O-])c(F)c1. The van der Waals surface area contributed by atoms with E-state index in [-0.39, 0.29) is 13.2 Å². The summed E-state index contributed by atoms with van der Waals surface area (Å²) in [5.74, 6) is -0.921. The second kappa shape index (κ2) is 4.54. The van der Waals surface area contributed by atoms with Gasteiger partial charge in [0.25, 0.3) is 0 Å². The Hall–Kier alpha value is -1.53. The lowest BCUT2D eigenvalue weighted by molar-refractivity contribution is -0.387. The first kappa shape index (κ1) is 12.5. The molecule has 6 heteroatoms. The Balaban J connectivity index is 3.19. The molecule has 3 N–H and O–H groups in total. The zero-order chi connectivity index (χ0) is 12.3. The molecule has 0 aliphatic rings. The van der Waals surface area contributed by atoms with Gasteiger partial charge in [-0.05, 0) is 11.6 Å². The number of hydrogen-bond donors (Lipinski definition) is 2. The average molecular weight is 228 g/mol. The highest BCUT2D eigenvalue weighted by molar-refractivity contribution is 5.38. The van der Waals surface area contributed by atoms with Gasteiger partial charge in [0.2, 0.25) is 5.82 Å². The summed E-state index contributed by atoms with van der Waals surface area (Å²) in [6, 6.07) is 3.53. The van der Waals surface area contributed by atoms with E-state index in [1.54, 1.807) is 6.92 Å². The van der Waals surface area contributed by atoms with Crippen molar-refractivity contribution >= 4 is 5.69 Å². The van der Waals surface area contributed by atoms with Gasteiger partial charge in [0.1, 0.15) is 0 Å². The van der Waals surface area contributed by atoms with Crippen LogP contribution in [0.5, 0.6) is 0 Å². The molecule has 1 aromatic carbocycles. The van der Waals surface area contributed by atoms with Crippen LogP contribution in [0.3, 0.4) is 0 Å². The fourth-order valence-corrected chi connectivity index (χ4v) is 1.30. The summed E-state index contributed by atoms with van der Waals surface area (Å²) < 4.78 is 13.3. The molecule has 0 spiro atoms. The van der Waals surface area contributed by atoms with Crippen LogP contribution >= 0.6 is 0 Å². The zero-order valence-electron chi connectivity index (χ0n) is 8.81. The van der Waals surface area contributed by atoms with Crippen LogP contribution in [0.2, 0.25) is 0 Å². The lowest BCUT2D eigenvalue weighted by Crippen LogP contribution is -2.35. The zero-order valence-corrected chi connectivity index (χ0v) is 8.81. The number of halogens is 1. The number of aliphatic hydroxyl groups is 1. The Bertz CT molecular complexity index is 405. The molecule has 0 saturated carbocycles. The first-order chi connectivity index (χ1) is 7.44. The monoisotopic (exact) mass is 228 g/mol. The van der Waals surface area contributed by atoms with Gasteiger partial charge < -0.3 is 10.8 Å². The quantitative estimate of drug-likeness (QED) is 0.593. The first-order valence-corrected chi connectivity index (χ1v) is 4.70. The fourth-order valence-electron chi connectivity index (χ4n) is 1.30. The van der Waals surface area contributed by atoms with Gasteiger partial charge in [-0.2, -0.15) is 4.39 Å². The number of hydrogen-bond acceptors (Lipinski definition) is 4. The average Bonchev–Trinajstić information content (AvgIpc) is 2.27. The summed E-state index contributed by atoms with van der Waals surface area (Å²) in [4.78, 5) is 9.62. The highest BCUT2D eigenvalue weighted by Crippen LogP contribution is 2.26. The fraction of sp³-hybridized carbons (Fsp3) is 0.400. The standard InChI is InChI=1S/C10H13FN2O3/c1-10(5-12,6-14)7-2-3-9(13(15)16)8(11)4-7/h2-4,14H,5-6,12H2,1H3. The van der Waals surface area contributed by atoms with Crippen LogP contribution in [0.1, 0.15) is 12.5 Å². The number of aliphatic hydroxyl groups excluding tert-OH is 1. The molecule has 1 rings (SSSR count). The molecule has 0 amide bonds. The van der Waals surface area contributed by atoms with Crippen molar-refractivity contribution in [3.8, 4) is 0 Å². The maximum atomic E-state index is 13.3. The van der Waals surface area contributed by atoms with Crippen molar-refractivity contribution in [3.05, 3.63) is 39.7 Å². The van der Waals surface area contributed by atoms with Crippen LogP contribution in [0.15, 0.2) is 18.2 Å². The molecule has 1 atom stereocenters. The number of nitro benzene ring substituents is 1. The number of benzene rings is 1. The minimum atomic E-state index is -0.921. The minimum absolute atomic E-state index is 0.126. The van der Waals surface area contributed by atoms with E-state index in [1.165, 1.54) is 6.07 Å². The number of nitrogens with zero attached hydrogens (tertiary/aromatic N) is 1. The van der Waals surface area contributed by atoms with E-state index in [0.717, 1.165) is 12.1 Å². The largest absolute Gasteiger partial charge is 0.395 e. The summed E-state index contributed by atoms with van der Waals surface area (Å²) in [6.45, 7) is 1.54. The normalized spacial score (nSPS) is 14.5. The van der Waals surface area contributed by atoms with Gasteiger partial charge in [-0.1, -0.05) is 13.0 Å². The first-order valence-electron chi connectivity index (χ1n) is 4.70. The number of nitro groups is 1. The van der Waals surface area contributed by atoms with Crippen LogP contribution in [-0.2, 0) is 5.41 Å². The van der Waals surface area contributed by atoms with E-state index in [9.17, 15) is 19.6 Å². The molecule has 5 nitrogen and oxygen atoms in total. The van der Waals surface area contributed by atoms with E-state index in [0.29, 0.717) is 5.56 Å². The Morgan fingerprint density at radius 3 is 2.62 bits per heavy atom. The molecule has 0 bridgehead atoms. The molecule has 0 aromatic heterocycles. The van der Waals surface area contributed by atoms with Crippen molar-refractivity contribution in [1.82, 2.24) is 0 Å². The van der Waals surface area contributed by atoms with Crippen molar-refractivity contribution in [2.75, 3.05) is 13.2 Å². The van der Waals surface area contributed by atoms with E-state index < -0.39 is 21.8 Å². The molecule has 0 aliphatic carbocycles. The van der Waals surface area contributed by atoms with Crippen molar-refractivity contribution < 1.29 is 14.4 Å². The molecule has 0 radical (unpaired) electrons. The molecule has 0 heterocycles. The van der Waals surface area contributed by atoms with E-state index in [2.05, 4.69) is 0 Å². The molecule has 1 unspecified atom stereocenters. The van der Waals surface area contributed by atoms with Crippen LogP contribution in [0, 0.1) is 15.9 Å². The van der Waals surface area contributed by atoms with Gasteiger partial charge in [-0.15, -0.1) is 0 Å². The lowest BCUT2D eigenvalue weighted by atomic mass is 9.83. The van der Waals surface area contributed by atoms with Gasteiger partial charge in [0, 0.05) is 18.0 Å². The van der Waals surface area contributed by atoms with Gasteiger partial charge in [-0.3, -0.25) is 10.1 Å². The molecule has 16 heavy (non-hydrogen) atoms. The minimum Gasteiger partial charge on any atom is -0.395 e.